The van der Waals surface area contributed by atoms with Crippen molar-refractivity contribution in [2.24, 2.45) is 0 Å². The van der Waals surface area contributed by atoms with Gasteiger partial charge in [-0.1, -0.05) is 18.9 Å². The maximum atomic E-state index is 12.5. The number of hydrogen-bond acceptors (Lipinski definition) is 2. The molecule has 1 aliphatic rings. The van der Waals surface area contributed by atoms with Gasteiger partial charge in [-0.05, 0) is 26.7 Å². The Balaban J connectivity index is 2.90. The second kappa shape index (κ2) is 7.16. The van der Waals surface area contributed by atoms with Gasteiger partial charge in [0.05, 0.1) is 0 Å². The van der Waals surface area contributed by atoms with E-state index in [9.17, 15) is 14.7 Å². The van der Waals surface area contributed by atoms with Crippen molar-refractivity contribution in [2.45, 2.75) is 51.6 Å². The minimum Gasteiger partial charge on any atom is -0.480 e. The van der Waals surface area contributed by atoms with E-state index in [0.29, 0.717) is 19.5 Å². The average Bonchev–Trinajstić information content (AvgIpc) is 2.60. The molecule has 1 N–H and O–H groups in total. The van der Waals surface area contributed by atoms with E-state index < -0.39 is 12.0 Å². The topological polar surface area (TPSA) is 60.9 Å². The fraction of sp³-hybridized carbons (Fsp3) is 0.714. The molecule has 1 atom stereocenters. The molecule has 5 heteroatoms. The van der Waals surface area contributed by atoms with Gasteiger partial charge in [-0.3, -0.25) is 0 Å². The minimum absolute atomic E-state index is 0.0307. The van der Waals surface area contributed by atoms with Crippen molar-refractivity contribution in [3.63, 3.8) is 0 Å². The lowest BCUT2D eigenvalue weighted by Gasteiger charge is -2.34. The summed E-state index contributed by atoms with van der Waals surface area (Å²) in [5.41, 5.74) is 0. The number of amides is 2. The fourth-order valence-electron chi connectivity index (χ4n) is 2.41. The number of hydrogen-bond donors (Lipinski definition) is 1. The first-order chi connectivity index (χ1) is 8.99. The number of likely N-dealkylation sites (tertiary alicyclic amines) is 1. The molecule has 0 aliphatic carbocycles. The van der Waals surface area contributed by atoms with E-state index in [1.807, 2.05) is 13.8 Å². The Bertz CT molecular complexity index is 342. The van der Waals surface area contributed by atoms with Crippen molar-refractivity contribution in [3.8, 4) is 0 Å². The third-order valence-corrected chi connectivity index (χ3v) is 3.48. The summed E-state index contributed by atoms with van der Waals surface area (Å²) in [6, 6.07) is -0.853. The summed E-state index contributed by atoms with van der Waals surface area (Å²) in [5.74, 6) is -0.905. The van der Waals surface area contributed by atoms with Crippen molar-refractivity contribution in [2.75, 3.05) is 13.1 Å². The standard InChI is InChI=1S/C14H24N2O3/c1-4-9-15(11(2)3)14(19)16-10-7-5-6-8-12(16)13(17)18/h4,11-12H,1,5-10H2,2-3H3,(H,17,18). The molecule has 108 valence electrons. The normalized spacial score (nSPS) is 19.9. The van der Waals surface area contributed by atoms with Crippen LogP contribution in [0.3, 0.4) is 0 Å². The van der Waals surface area contributed by atoms with Gasteiger partial charge >= 0.3 is 12.0 Å². The SMILES string of the molecule is C=CCN(C(=O)N1CCCCCC1C(=O)O)C(C)C. The Morgan fingerprint density at radius 2 is 2.11 bits per heavy atom. The highest BCUT2D eigenvalue weighted by Crippen LogP contribution is 2.19. The average molecular weight is 268 g/mol. The zero-order chi connectivity index (χ0) is 14.4. The lowest BCUT2D eigenvalue weighted by atomic mass is 10.1. The second-order valence-electron chi connectivity index (χ2n) is 5.21. The van der Waals surface area contributed by atoms with Gasteiger partial charge in [-0.25, -0.2) is 9.59 Å². The Morgan fingerprint density at radius 3 is 2.63 bits per heavy atom. The molecule has 0 radical (unpaired) electrons. The lowest BCUT2D eigenvalue weighted by molar-refractivity contribution is -0.142. The Labute approximate surface area is 114 Å². The highest BCUT2D eigenvalue weighted by molar-refractivity contribution is 5.83. The fourth-order valence-corrected chi connectivity index (χ4v) is 2.41. The first kappa shape index (κ1) is 15.5. The summed E-state index contributed by atoms with van der Waals surface area (Å²) in [7, 11) is 0. The molecular formula is C14H24N2O3. The minimum atomic E-state index is -0.905. The van der Waals surface area contributed by atoms with Gasteiger partial charge in [0.1, 0.15) is 6.04 Å². The number of urea groups is 1. The molecule has 0 spiro atoms. The molecule has 0 aromatic carbocycles. The van der Waals surface area contributed by atoms with Crippen LogP contribution in [0.25, 0.3) is 0 Å². The van der Waals surface area contributed by atoms with Gasteiger partial charge in [-0.15, -0.1) is 6.58 Å². The molecule has 19 heavy (non-hydrogen) atoms. The molecule has 0 saturated carbocycles. The largest absolute Gasteiger partial charge is 0.480 e. The number of carboxylic acid groups (broad SMARTS) is 1. The van der Waals surface area contributed by atoms with Gasteiger partial charge in [0.15, 0.2) is 0 Å². The summed E-state index contributed by atoms with van der Waals surface area (Å²) in [6.07, 6.45) is 4.93. The van der Waals surface area contributed by atoms with Crippen LogP contribution >= 0.6 is 0 Å². The highest BCUT2D eigenvalue weighted by atomic mass is 16.4. The number of carboxylic acids is 1. The number of carbonyl (C=O) groups is 2. The molecule has 1 aliphatic heterocycles. The van der Waals surface area contributed by atoms with Gasteiger partial charge in [0.25, 0.3) is 0 Å². The van der Waals surface area contributed by atoms with Crippen LogP contribution in [0, 0.1) is 0 Å². The first-order valence-electron chi connectivity index (χ1n) is 6.90. The Morgan fingerprint density at radius 1 is 1.42 bits per heavy atom. The summed E-state index contributed by atoms with van der Waals surface area (Å²) in [6.45, 7) is 8.47. The smallest absolute Gasteiger partial charge is 0.326 e. The van der Waals surface area contributed by atoms with Gasteiger partial charge in [0, 0.05) is 19.1 Å². The van der Waals surface area contributed by atoms with E-state index in [4.69, 9.17) is 0 Å². The molecule has 0 aromatic heterocycles. The summed E-state index contributed by atoms with van der Waals surface area (Å²) < 4.78 is 0. The van der Waals surface area contributed by atoms with Crippen molar-refractivity contribution < 1.29 is 14.7 Å². The molecule has 1 heterocycles. The van der Waals surface area contributed by atoms with E-state index in [-0.39, 0.29) is 12.1 Å². The number of nitrogens with zero attached hydrogens (tertiary/aromatic N) is 2. The lowest BCUT2D eigenvalue weighted by Crippen LogP contribution is -2.52. The van der Waals surface area contributed by atoms with Crippen molar-refractivity contribution in [1.29, 1.82) is 0 Å². The second-order valence-corrected chi connectivity index (χ2v) is 5.21. The predicted molar refractivity (Wildman–Crippen MR) is 74.0 cm³/mol. The quantitative estimate of drug-likeness (QED) is 0.796. The molecule has 1 saturated heterocycles. The highest BCUT2D eigenvalue weighted by Gasteiger charge is 2.33. The first-order valence-corrected chi connectivity index (χ1v) is 6.90. The number of carbonyl (C=O) groups excluding carboxylic acids is 1. The molecule has 1 rings (SSSR count). The van der Waals surface area contributed by atoms with Crippen LogP contribution in [0.5, 0.6) is 0 Å². The molecule has 5 nitrogen and oxygen atoms in total. The maximum Gasteiger partial charge on any atom is 0.326 e. The summed E-state index contributed by atoms with van der Waals surface area (Å²) in [4.78, 5) is 27.1. The van der Waals surface area contributed by atoms with Crippen LogP contribution in [-0.4, -0.2) is 52.1 Å². The Hall–Kier alpha value is -1.52. The van der Waals surface area contributed by atoms with E-state index >= 15 is 0 Å². The molecule has 1 unspecified atom stereocenters. The van der Waals surface area contributed by atoms with E-state index in [2.05, 4.69) is 6.58 Å². The van der Waals surface area contributed by atoms with Crippen LogP contribution < -0.4 is 0 Å². The van der Waals surface area contributed by atoms with Gasteiger partial charge in [0.2, 0.25) is 0 Å². The molecular weight excluding hydrogens is 244 g/mol. The zero-order valence-corrected chi connectivity index (χ0v) is 11.8. The van der Waals surface area contributed by atoms with Crippen LogP contribution in [-0.2, 0) is 4.79 Å². The maximum absolute atomic E-state index is 12.5. The van der Waals surface area contributed by atoms with Crippen LogP contribution in [0.4, 0.5) is 4.79 Å². The van der Waals surface area contributed by atoms with Gasteiger partial charge < -0.3 is 14.9 Å². The number of rotatable bonds is 4. The molecule has 0 bridgehead atoms. The van der Waals surface area contributed by atoms with Crippen molar-refractivity contribution >= 4 is 12.0 Å². The molecule has 2 amide bonds. The van der Waals surface area contributed by atoms with Crippen molar-refractivity contribution in [1.82, 2.24) is 9.80 Å². The van der Waals surface area contributed by atoms with Crippen LogP contribution in [0.2, 0.25) is 0 Å². The molecule has 1 fully saturated rings. The van der Waals surface area contributed by atoms with Crippen LogP contribution in [0.1, 0.15) is 39.5 Å². The zero-order valence-electron chi connectivity index (χ0n) is 11.8. The monoisotopic (exact) mass is 268 g/mol. The third-order valence-electron chi connectivity index (χ3n) is 3.48. The Kier molecular flexibility index (Phi) is 5.86. The third kappa shape index (κ3) is 3.98. The number of aliphatic carboxylic acids is 1. The van der Waals surface area contributed by atoms with E-state index in [1.54, 1.807) is 11.0 Å². The van der Waals surface area contributed by atoms with E-state index in [0.717, 1.165) is 19.3 Å². The predicted octanol–water partition coefficient (Wildman–Crippen LogP) is 2.33. The summed E-state index contributed by atoms with van der Waals surface area (Å²) >= 11 is 0. The van der Waals surface area contributed by atoms with Gasteiger partial charge in [-0.2, -0.15) is 0 Å². The molecule has 0 aromatic rings. The van der Waals surface area contributed by atoms with E-state index in [1.165, 1.54) is 4.90 Å². The summed E-state index contributed by atoms with van der Waals surface area (Å²) in [5, 5.41) is 9.30. The van der Waals surface area contributed by atoms with Crippen molar-refractivity contribution in [3.05, 3.63) is 12.7 Å². The van der Waals surface area contributed by atoms with Crippen LogP contribution in [0.15, 0.2) is 12.7 Å².